The van der Waals surface area contributed by atoms with Crippen LogP contribution in [0.15, 0.2) is 97.6 Å². The van der Waals surface area contributed by atoms with Gasteiger partial charge in [0.1, 0.15) is 0 Å². The fraction of sp³-hybridized carbons (Fsp3) is 0.276. The van der Waals surface area contributed by atoms with Crippen molar-refractivity contribution in [3.05, 3.63) is 120 Å². The smallest absolute Gasteiger partial charge is 0.320 e. The van der Waals surface area contributed by atoms with Crippen molar-refractivity contribution in [1.29, 1.82) is 0 Å². The first-order valence-electron chi connectivity index (χ1n) is 12.2. The summed E-state index contributed by atoms with van der Waals surface area (Å²) in [6.45, 7) is 3.58. The molecule has 0 aliphatic rings. The van der Waals surface area contributed by atoms with Gasteiger partial charge >= 0.3 is 5.97 Å². The molecule has 0 fully saturated rings. The minimum absolute atomic E-state index is 0.223. The molecule has 0 N–H and O–H groups in total. The number of pyridine rings is 4. The van der Waals surface area contributed by atoms with Gasteiger partial charge in [0.15, 0.2) is 0 Å². The van der Waals surface area contributed by atoms with Gasteiger partial charge in [-0.1, -0.05) is 24.3 Å². The van der Waals surface area contributed by atoms with Crippen molar-refractivity contribution in [1.82, 2.24) is 24.8 Å². The lowest BCUT2D eigenvalue weighted by atomic mass is 10.1. The number of aromatic nitrogens is 4. The molecular formula is C29H33N5O2. The third kappa shape index (κ3) is 10.5. The van der Waals surface area contributed by atoms with Crippen LogP contribution in [0.2, 0.25) is 0 Å². The third-order valence-corrected chi connectivity index (χ3v) is 5.20. The lowest BCUT2D eigenvalue weighted by Crippen LogP contribution is -2.31. The summed E-state index contributed by atoms with van der Waals surface area (Å²) in [5.74, 6) is -0.232. The van der Waals surface area contributed by atoms with Crippen molar-refractivity contribution in [3.63, 3.8) is 0 Å². The maximum absolute atomic E-state index is 11.7. The van der Waals surface area contributed by atoms with Crippen molar-refractivity contribution in [2.24, 2.45) is 0 Å². The Morgan fingerprint density at radius 3 is 1.44 bits per heavy atom. The van der Waals surface area contributed by atoms with Gasteiger partial charge in [-0.2, -0.15) is 0 Å². The molecule has 7 heteroatoms. The number of carbonyl (C=O) groups excluding carboxylic acids is 1. The van der Waals surface area contributed by atoms with E-state index >= 15 is 0 Å². The molecule has 0 radical (unpaired) electrons. The van der Waals surface area contributed by atoms with Gasteiger partial charge in [0.25, 0.3) is 0 Å². The van der Waals surface area contributed by atoms with E-state index in [-0.39, 0.29) is 12.5 Å². The van der Waals surface area contributed by atoms with Crippen molar-refractivity contribution < 1.29 is 9.53 Å². The quantitative estimate of drug-likeness (QED) is 0.286. The lowest BCUT2D eigenvalue weighted by molar-refractivity contribution is -0.144. The summed E-state index contributed by atoms with van der Waals surface area (Å²) in [7, 11) is 0. The highest BCUT2D eigenvalue weighted by molar-refractivity contribution is 5.71. The minimum atomic E-state index is -0.232. The van der Waals surface area contributed by atoms with Crippen LogP contribution in [0.5, 0.6) is 0 Å². The molecule has 4 aromatic rings. The highest BCUT2D eigenvalue weighted by atomic mass is 16.5. The van der Waals surface area contributed by atoms with Crippen molar-refractivity contribution in [3.8, 4) is 0 Å². The first-order valence-corrected chi connectivity index (χ1v) is 12.2. The summed E-state index contributed by atoms with van der Waals surface area (Å²) in [5, 5.41) is 0. The van der Waals surface area contributed by atoms with Gasteiger partial charge in [0.2, 0.25) is 0 Å². The normalized spacial score (nSPS) is 10.4. The van der Waals surface area contributed by atoms with Gasteiger partial charge in [-0.3, -0.25) is 29.6 Å². The van der Waals surface area contributed by atoms with E-state index in [2.05, 4.69) is 32.1 Å². The van der Waals surface area contributed by atoms with E-state index in [4.69, 9.17) is 4.74 Å². The van der Waals surface area contributed by atoms with Gasteiger partial charge in [-0.25, -0.2) is 0 Å². The van der Waals surface area contributed by atoms with Gasteiger partial charge in [0, 0.05) is 49.3 Å². The number of rotatable bonds is 11. The minimum Gasteiger partial charge on any atom is -0.465 e. The summed E-state index contributed by atoms with van der Waals surface area (Å²) in [6.07, 6.45) is 10.3. The Hall–Kier alpha value is -3.97. The summed E-state index contributed by atoms with van der Waals surface area (Å²) >= 11 is 0. The fourth-order valence-corrected chi connectivity index (χ4v) is 3.54. The molecule has 36 heavy (non-hydrogen) atoms. The summed E-state index contributed by atoms with van der Waals surface area (Å²) in [5.41, 5.74) is 4.15. The zero-order chi connectivity index (χ0) is 25.3. The Bertz CT molecular complexity index is 1030. The number of carbonyl (C=O) groups is 1. The van der Waals surface area contributed by atoms with Gasteiger partial charge < -0.3 is 4.74 Å². The van der Waals surface area contributed by atoms with Crippen molar-refractivity contribution in [2.45, 2.75) is 39.3 Å². The van der Waals surface area contributed by atoms with Crippen molar-refractivity contribution in [2.75, 3.05) is 13.2 Å². The van der Waals surface area contributed by atoms with E-state index in [1.807, 2.05) is 78.0 Å². The number of ether oxygens (including phenoxy) is 1. The molecule has 0 bridgehead atoms. The first kappa shape index (κ1) is 26.6. The molecule has 0 atom stereocenters. The maximum Gasteiger partial charge on any atom is 0.320 e. The molecule has 0 amide bonds. The largest absolute Gasteiger partial charge is 0.465 e. The van der Waals surface area contributed by atoms with Crippen LogP contribution in [0, 0.1) is 0 Å². The fourth-order valence-electron chi connectivity index (χ4n) is 3.54. The Morgan fingerprint density at radius 1 is 0.667 bits per heavy atom. The summed E-state index contributed by atoms with van der Waals surface area (Å²) in [6, 6.07) is 23.6. The monoisotopic (exact) mass is 483 g/mol. The van der Waals surface area contributed by atoms with E-state index in [1.54, 1.807) is 19.3 Å². The van der Waals surface area contributed by atoms with Crippen LogP contribution in [-0.2, 0) is 35.5 Å². The predicted molar refractivity (Wildman–Crippen MR) is 140 cm³/mol. The molecule has 0 spiro atoms. The molecule has 0 aliphatic carbocycles. The second kappa shape index (κ2) is 15.8. The van der Waals surface area contributed by atoms with Gasteiger partial charge in [0.05, 0.1) is 24.5 Å². The topological polar surface area (TPSA) is 81.1 Å². The maximum atomic E-state index is 11.7. The zero-order valence-electron chi connectivity index (χ0n) is 20.7. The second-order valence-electron chi connectivity index (χ2n) is 8.09. The van der Waals surface area contributed by atoms with Gasteiger partial charge in [-0.15, -0.1) is 0 Å². The molecule has 0 aromatic carbocycles. The van der Waals surface area contributed by atoms with E-state index in [1.165, 1.54) is 0 Å². The number of nitrogens with zero attached hydrogens (tertiary/aromatic N) is 5. The molecule has 186 valence electrons. The number of hydrogen-bond donors (Lipinski definition) is 0. The molecule has 4 heterocycles. The van der Waals surface area contributed by atoms with Crippen LogP contribution in [-0.4, -0.2) is 44.0 Å². The van der Waals surface area contributed by atoms with E-state index < -0.39 is 0 Å². The SMILES string of the molecule is CCOC(=O)CN(Cc1ccccn1)Cc1ccccn1.c1ccc(CCCc2ccccn2)nc1. The van der Waals surface area contributed by atoms with Crippen molar-refractivity contribution >= 4 is 5.97 Å². The summed E-state index contributed by atoms with van der Waals surface area (Å²) < 4.78 is 5.03. The highest BCUT2D eigenvalue weighted by Crippen LogP contribution is 2.07. The molecule has 0 unspecified atom stereocenters. The average molecular weight is 484 g/mol. The standard InChI is InChI=1S/C16H19N3O2.C13H14N2/c1-2-21-16(20)13-19(11-14-7-3-5-9-17-14)12-15-8-4-6-10-18-15;1-3-10-14-12(6-1)8-5-9-13-7-2-4-11-15-13/h3-10H,2,11-13H2,1H3;1-4,6-7,10-11H,5,8-9H2. The highest BCUT2D eigenvalue weighted by Gasteiger charge is 2.14. The predicted octanol–water partition coefficient (Wildman–Crippen LogP) is 4.69. The number of esters is 1. The lowest BCUT2D eigenvalue weighted by Gasteiger charge is -2.20. The molecule has 4 aromatic heterocycles. The molecule has 0 aliphatic heterocycles. The van der Waals surface area contributed by atoms with Crippen LogP contribution in [0.3, 0.4) is 0 Å². The number of aryl methyl sites for hydroxylation is 2. The van der Waals surface area contributed by atoms with Crippen LogP contribution < -0.4 is 0 Å². The molecule has 4 rings (SSSR count). The number of hydrogen-bond acceptors (Lipinski definition) is 7. The van der Waals surface area contributed by atoms with E-state index in [9.17, 15) is 4.79 Å². The van der Waals surface area contributed by atoms with E-state index in [0.29, 0.717) is 19.7 Å². The van der Waals surface area contributed by atoms with E-state index in [0.717, 1.165) is 42.0 Å². The zero-order valence-corrected chi connectivity index (χ0v) is 20.7. The van der Waals surface area contributed by atoms with Crippen LogP contribution in [0.1, 0.15) is 36.1 Å². The Labute approximate surface area is 213 Å². The molecule has 0 saturated heterocycles. The van der Waals surface area contributed by atoms with Crippen LogP contribution in [0.4, 0.5) is 0 Å². The first-order chi connectivity index (χ1) is 17.7. The van der Waals surface area contributed by atoms with Crippen LogP contribution in [0.25, 0.3) is 0 Å². The van der Waals surface area contributed by atoms with Gasteiger partial charge in [-0.05, 0) is 74.7 Å². The Morgan fingerprint density at radius 2 is 1.08 bits per heavy atom. The molecular weight excluding hydrogens is 450 g/mol. The Kier molecular flexibility index (Phi) is 11.7. The molecule has 0 saturated carbocycles. The molecule has 7 nitrogen and oxygen atoms in total. The van der Waals surface area contributed by atoms with Crippen LogP contribution >= 0.6 is 0 Å². The Balaban J connectivity index is 0.000000212. The third-order valence-electron chi connectivity index (χ3n) is 5.20. The average Bonchev–Trinajstić information content (AvgIpc) is 2.92. The second-order valence-corrected chi connectivity index (χ2v) is 8.09. The summed E-state index contributed by atoms with van der Waals surface area (Å²) in [4.78, 5) is 30.9.